The summed E-state index contributed by atoms with van der Waals surface area (Å²) in [5.74, 6) is 0.673. The minimum atomic E-state index is 0.0561. The van der Waals surface area contributed by atoms with E-state index < -0.39 is 0 Å². The van der Waals surface area contributed by atoms with Gasteiger partial charge in [0.05, 0.1) is 11.3 Å². The number of carbonyl (C=O) groups excluding carboxylic acids is 1. The van der Waals surface area contributed by atoms with Crippen LogP contribution in [0.1, 0.15) is 39.5 Å². The number of halogens is 1. The Kier molecular flexibility index (Phi) is 4.67. The number of hydrogen-bond donors (Lipinski definition) is 1. The molecule has 1 heterocycles. The van der Waals surface area contributed by atoms with Gasteiger partial charge in [0.25, 0.3) is 0 Å². The summed E-state index contributed by atoms with van der Waals surface area (Å²) in [6, 6.07) is 17.8. The molecule has 0 aliphatic heterocycles. The molecule has 5 heteroatoms. The summed E-state index contributed by atoms with van der Waals surface area (Å²) in [6.07, 6.45) is 2.77. The summed E-state index contributed by atoms with van der Waals surface area (Å²) in [4.78, 5) is 21.4. The fourth-order valence-corrected chi connectivity index (χ4v) is 3.62. The Morgan fingerprint density at radius 1 is 1.04 bits per heavy atom. The van der Waals surface area contributed by atoms with Crippen LogP contribution in [0.25, 0.3) is 0 Å². The highest BCUT2D eigenvalue weighted by Crippen LogP contribution is 2.35. The summed E-state index contributed by atoms with van der Waals surface area (Å²) in [7, 11) is 0. The summed E-state index contributed by atoms with van der Waals surface area (Å²) < 4.78 is 0. The molecule has 2 aromatic carbocycles. The van der Waals surface area contributed by atoms with Crippen LogP contribution in [0.15, 0.2) is 60.8 Å². The average molecular weight is 364 g/mol. The molecule has 0 saturated carbocycles. The molecule has 0 fully saturated rings. The smallest absolute Gasteiger partial charge is 0.223 e. The van der Waals surface area contributed by atoms with Gasteiger partial charge in [0.15, 0.2) is 5.78 Å². The average Bonchev–Trinajstić information content (AvgIpc) is 2.67. The summed E-state index contributed by atoms with van der Waals surface area (Å²) >= 11 is 6.32. The Hall–Kier alpha value is -2.72. The second kappa shape index (κ2) is 7.26. The van der Waals surface area contributed by atoms with Gasteiger partial charge in [-0.3, -0.25) is 4.79 Å². The third-order valence-electron chi connectivity index (χ3n) is 4.68. The molecular weight excluding hydrogens is 346 g/mol. The molecule has 0 bridgehead atoms. The zero-order valence-corrected chi connectivity index (χ0v) is 14.9. The van der Waals surface area contributed by atoms with E-state index in [-0.39, 0.29) is 11.7 Å². The van der Waals surface area contributed by atoms with Crippen molar-refractivity contribution in [3.8, 4) is 0 Å². The normalized spacial score (nSPS) is 16.2. The van der Waals surface area contributed by atoms with E-state index in [0.29, 0.717) is 35.9 Å². The van der Waals surface area contributed by atoms with Gasteiger partial charge in [-0.1, -0.05) is 60.1 Å². The van der Waals surface area contributed by atoms with Gasteiger partial charge in [0, 0.05) is 24.2 Å². The van der Waals surface area contributed by atoms with Crippen molar-refractivity contribution >= 4 is 23.3 Å². The molecule has 26 heavy (non-hydrogen) atoms. The molecule has 130 valence electrons. The molecule has 4 nitrogen and oxygen atoms in total. The highest BCUT2D eigenvalue weighted by atomic mass is 35.5. The Balaban J connectivity index is 1.56. The third kappa shape index (κ3) is 3.46. The van der Waals surface area contributed by atoms with Crippen LogP contribution in [0, 0.1) is 0 Å². The highest BCUT2D eigenvalue weighted by molar-refractivity contribution is 6.31. The first kappa shape index (κ1) is 16.7. The van der Waals surface area contributed by atoms with Crippen molar-refractivity contribution < 1.29 is 4.79 Å². The van der Waals surface area contributed by atoms with Crippen molar-refractivity contribution in [2.45, 2.75) is 25.3 Å². The monoisotopic (exact) mass is 363 g/mol. The first-order valence-corrected chi connectivity index (χ1v) is 9.00. The number of ketones is 1. The number of anilines is 1. The molecule has 1 aliphatic rings. The Labute approximate surface area is 157 Å². The number of aromatic nitrogens is 2. The number of hydrogen-bond acceptors (Lipinski definition) is 4. The van der Waals surface area contributed by atoms with Gasteiger partial charge < -0.3 is 5.32 Å². The molecule has 0 saturated heterocycles. The van der Waals surface area contributed by atoms with Crippen molar-refractivity contribution in [2.75, 3.05) is 5.32 Å². The van der Waals surface area contributed by atoms with Crippen LogP contribution in [0.3, 0.4) is 0 Å². The quantitative estimate of drug-likeness (QED) is 0.732. The summed E-state index contributed by atoms with van der Waals surface area (Å²) in [5.41, 5.74) is 3.57. The molecule has 1 aromatic heterocycles. The second-order valence-electron chi connectivity index (χ2n) is 6.44. The maximum Gasteiger partial charge on any atom is 0.223 e. The van der Waals surface area contributed by atoms with Crippen LogP contribution in [0.5, 0.6) is 0 Å². The van der Waals surface area contributed by atoms with E-state index in [1.54, 1.807) is 6.20 Å². The lowest BCUT2D eigenvalue weighted by Gasteiger charge is -2.24. The molecule has 1 aliphatic carbocycles. The molecule has 0 unspecified atom stereocenters. The van der Waals surface area contributed by atoms with E-state index in [1.807, 2.05) is 54.6 Å². The Bertz CT molecular complexity index is 943. The number of rotatable bonds is 4. The van der Waals surface area contributed by atoms with E-state index >= 15 is 0 Å². The van der Waals surface area contributed by atoms with Crippen LogP contribution in [0.2, 0.25) is 5.02 Å². The van der Waals surface area contributed by atoms with Gasteiger partial charge in [-0.15, -0.1) is 0 Å². The van der Waals surface area contributed by atoms with Crippen LogP contribution in [-0.2, 0) is 13.0 Å². The van der Waals surface area contributed by atoms with Crippen molar-refractivity contribution in [2.24, 2.45) is 0 Å². The van der Waals surface area contributed by atoms with Crippen LogP contribution < -0.4 is 5.32 Å². The van der Waals surface area contributed by atoms with Crippen LogP contribution in [0.4, 0.5) is 5.95 Å². The van der Waals surface area contributed by atoms with Crippen molar-refractivity contribution in [3.63, 3.8) is 0 Å². The molecule has 1 N–H and O–H groups in total. The fourth-order valence-electron chi connectivity index (χ4n) is 3.33. The van der Waals surface area contributed by atoms with Crippen molar-refractivity contribution in [1.29, 1.82) is 0 Å². The largest absolute Gasteiger partial charge is 0.350 e. The lowest BCUT2D eigenvalue weighted by molar-refractivity contribution is 0.0963. The van der Waals surface area contributed by atoms with Gasteiger partial charge >= 0.3 is 0 Å². The van der Waals surface area contributed by atoms with E-state index in [9.17, 15) is 4.79 Å². The lowest BCUT2D eigenvalue weighted by Crippen LogP contribution is -2.21. The number of Topliss-reactive ketones (excluding diaryl/α,β-unsaturated/α-hetero) is 1. The maximum atomic E-state index is 12.5. The van der Waals surface area contributed by atoms with Crippen LogP contribution in [-0.4, -0.2) is 15.8 Å². The first-order chi connectivity index (χ1) is 12.7. The summed E-state index contributed by atoms with van der Waals surface area (Å²) in [6.45, 7) is 0.640. The van der Waals surface area contributed by atoms with Crippen molar-refractivity contribution in [3.05, 3.63) is 88.2 Å². The zero-order chi connectivity index (χ0) is 17.9. The van der Waals surface area contributed by atoms with Gasteiger partial charge in [0.1, 0.15) is 0 Å². The molecule has 0 spiro atoms. The van der Waals surface area contributed by atoms with E-state index in [2.05, 4.69) is 15.3 Å². The number of carbonyl (C=O) groups is 1. The summed E-state index contributed by atoms with van der Waals surface area (Å²) in [5, 5.41) is 3.93. The lowest BCUT2D eigenvalue weighted by atomic mass is 9.82. The van der Waals surface area contributed by atoms with Gasteiger partial charge in [-0.05, 0) is 29.5 Å². The maximum absolute atomic E-state index is 12.5. The van der Waals surface area contributed by atoms with Gasteiger partial charge in [0.2, 0.25) is 5.95 Å². The highest BCUT2D eigenvalue weighted by Gasteiger charge is 2.29. The predicted octanol–water partition coefficient (Wildman–Crippen LogP) is 4.65. The number of nitrogens with zero attached hydrogens (tertiary/aromatic N) is 2. The number of fused-ring (bicyclic) bond motifs is 1. The molecular formula is C21H18ClN3O. The molecule has 0 radical (unpaired) electrons. The van der Waals surface area contributed by atoms with Gasteiger partial charge in [-0.2, -0.15) is 0 Å². The van der Waals surface area contributed by atoms with Gasteiger partial charge in [-0.25, -0.2) is 9.97 Å². The molecule has 0 amide bonds. The molecule has 3 aromatic rings. The Morgan fingerprint density at radius 3 is 2.62 bits per heavy atom. The minimum Gasteiger partial charge on any atom is -0.350 e. The number of nitrogens with one attached hydrogen (secondary N) is 1. The van der Waals surface area contributed by atoms with Crippen molar-refractivity contribution in [1.82, 2.24) is 9.97 Å². The number of benzene rings is 2. The second-order valence-corrected chi connectivity index (χ2v) is 6.85. The topological polar surface area (TPSA) is 54.9 Å². The SMILES string of the molecule is O=C1C[C@@H](c2ccccc2Cl)Cc2nc(NCc3ccccc3)ncc21. The standard InChI is InChI=1S/C21H18ClN3O/c22-18-9-5-4-8-16(18)15-10-19-17(20(26)11-15)13-24-21(25-19)23-12-14-6-2-1-3-7-14/h1-9,13,15H,10-12H2,(H,23,24,25)/t15-/m0/s1. The van der Waals surface area contributed by atoms with E-state index in [0.717, 1.165) is 16.8 Å². The van der Waals surface area contributed by atoms with Crippen LogP contribution >= 0.6 is 11.6 Å². The first-order valence-electron chi connectivity index (χ1n) is 8.62. The fraction of sp³-hybridized carbons (Fsp3) is 0.190. The Morgan fingerprint density at radius 2 is 1.81 bits per heavy atom. The molecule has 4 rings (SSSR count). The van der Waals surface area contributed by atoms with E-state index in [4.69, 9.17) is 11.6 Å². The predicted molar refractivity (Wildman–Crippen MR) is 103 cm³/mol. The minimum absolute atomic E-state index is 0.0561. The third-order valence-corrected chi connectivity index (χ3v) is 5.02. The van der Waals surface area contributed by atoms with E-state index in [1.165, 1.54) is 0 Å². The molecule has 1 atom stereocenters. The zero-order valence-electron chi connectivity index (χ0n) is 14.2.